The molecule has 0 bridgehead atoms. The van der Waals surface area contributed by atoms with Crippen molar-refractivity contribution in [3.8, 4) is 16.9 Å². The molecule has 6 nitrogen and oxygen atoms in total. The lowest BCUT2D eigenvalue weighted by molar-refractivity contribution is -0.137. The first-order valence-electron chi connectivity index (χ1n) is 11.1. The summed E-state index contributed by atoms with van der Waals surface area (Å²) >= 11 is 0. The molecule has 0 fully saturated rings. The van der Waals surface area contributed by atoms with E-state index in [1.165, 1.54) is 0 Å². The molecular formula is C26H32N4O2. The molecule has 1 heterocycles. The highest BCUT2D eigenvalue weighted by molar-refractivity contribution is 5.94. The van der Waals surface area contributed by atoms with Crippen molar-refractivity contribution in [3.05, 3.63) is 66.2 Å². The Morgan fingerprint density at radius 3 is 2.25 bits per heavy atom. The first-order valence-corrected chi connectivity index (χ1v) is 11.1. The van der Waals surface area contributed by atoms with Gasteiger partial charge in [-0.25, -0.2) is 4.68 Å². The molecule has 1 aromatic heterocycles. The Morgan fingerprint density at radius 2 is 1.66 bits per heavy atom. The highest BCUT2D eigenvalue weighted by Gasteiger charge is 2.22. The summed E-state index contributed by atoms with van der Waals surface area (Å²) in [5.74, 6) is 0.548. The third-order valence-electron chi connectivity index (χ3n) is 5.17. The van der Waals surface area contributed by atoms with Gasteiger partial charge in [0.05, 0.1) is 11.4 Å². The van der Waals surface area contributed by atoms with Gasteiger partial charge in [-0.15, -0.1) is 0 Å². The molecule has 0 saturated heterocycles. The van der Waals surface area contributed by atoms with Gasteiger partial charge in [0, 0.05) is 24.1 Å². The van der Waals surface area contributed by atoms with E-state index in [1.807, 2.05) is 95.3 Å². The van der Waals surface area contributed by atoms with E-state index in [0.717, 1.165) is 22.5 Å². The zero-order valence-corrected chi connectivity index (χ0v) is 19.5. The summed E-state index contributed by atoms with van der Waals surface area (Å²) in [5.41, 5.74) is 3.72. The summed E-state index contributed by atoms with van der Waals surface area (Å²) in [6.45, 7) is 9.89. The smallest absolute Gasteiger partial charge is 0.245 e. The number of carbonyl (C=O) groups is 2. The molecule has 3 aromatic rings. The topological polar surface area (TPSA) is 67.2 Å². The predicted octanol–water partition coefficient (Wildman–Crippen LogP) is 5.07. The standard InChI is InChI=1S/C26H32N4O2/c1-18(2)15-26(32)29(19(3)4)17-25(31)27-24-16-23(21-9-7-6-8-10-21)28-30(24)22-13-11-20(5)12-14-22/h6-14,16,18-19H,15,17H2,1-5H3,(H,27,31). The van der Waals surface area contributed by atoms with Crippen LogP contribution in [0.4, 0.5) is 5.82 Å². The number of anilines is 1. The fourth-order valence-corrected chi connectivity index (χ4v) is 3.47. The molecule has 0 unspecified atom stereocenters. The zero-order chi connectivity index (χ0) is 23.3. The predicted molar refractivity (Wildman–Crippen MR) is 129 cm³/mol. The van der Waals surface area contributed by atoms with Crippen molar-refractivity contribution in [2.24, 2.45) is 5.92 Å². The Bertz CT molecular complexity index is 1050. The van der Waals surface area contributed by atoms with Crippen LogP contribution >= 0.6 is 0 Å². The molecule has 0 aliphatic carbocycles. The van der Waals surface area contributed by atoms with Crippen molar-refractivity contribution in [2.45, 2.75) is 47.1 Å². The lowest BCUT2D eigenvalue weighted by Crippen LogP contribution is -2.42. The number of aromatic nitrogens is 2. The number of aryl methyl sites for hydroxylation is 1. The Hall–Kier alpha value is -3.41. The van der Waals surface area contributed by atoms with Crippen LogP contribution in [0.15, 0.2) is 60.7 Å². The number of nitrogens with one attached hydrogen (secondary N) is 1. The van der Waals surface area contributed by atoms with Crippen LogP contribution in [0.1, 0.15) is 39.7 Å². The van der Waals surface area contributed by atoms with Gasteiger partial charge in [-0.1, -0.05) is 61.9 Å². The van der Waals surface area contributed by atoms with Gasteiger partial charge in [-0.3, -0.25) is 9.59 Å². The van der Waals surface area contributed by atoms with Crippen LogP contribution in [0.3, 0.4) is 0 Å². The second-order valence-corrected chi connectivity index (χ2v) is 8.79. The van der Waals surface area contributed by atoms with Crippen LogP contribution in [-0.4, -0.2) is 39.1 Å². The quantitative estimate of drug-likeness (QED) is 0.540. The number of nitrogens with zero attached hydrogens (tertiary/aromatic N) is 3. The van der Waals surface area contributed by atoms with E-state index >= 15 is 0 Å². The van der Waals surface area contributed by atoms with E-state index in [4.69, 9.17) is 5.10 Å². The molecular weight excluding hydrogens is 400 g/mol. The molecule has 0 radical (unpaired) electrons. The lowest BCUT2D eigenvalue weighted by atomic mass is 10.1. The summed E-state index contributed by atoms with van der Waals surface area (Å²) in [5, 5.41) is 7.72. The van der Waals surface area contributed by atoms with Crippen LogP contribution in [0, 0.1) is 12.8 Å². The van der Waals surface area contributed by atoms with Gasteiger partial charge in [-0.05, 0) is 38.8 Å². The normalized spacial score (nSPS) is 11.1. The largest absolute Gasteiger partial charge is 0.331 e. The maximum atomic E-state index is 13.0. The Kier molecular flexibility index (Phi) is 7.46. The van der Waals surface area contributed by atoms with E-state index in [1.54, 1.807) is 9.58 Å². The van der Waals surface area contributed by atoms with Gasteiger partial charge in [0.2, 0.25) is 11.8 Å². The molecule has 2 amide bonds. The zero-order valence-electron chi connectivity index (χ0n) is 19.5. The molecule has 0 saturated carbocycles. The summed E-state index contributed by atoms with van der Waals surface area (Å²) in [6.07, 6.45) is 0.422. The number of carbonyl (C=O) groups excluding carboxylic acids is 2. The Morgan fingerprint density at radius 1 is 1.00 bits per heavy atom. The van der Waals surface area contributed by atoms with Gasteiger partial charge >= 0.3 is 0 Å². The molecule has 6 heteroatoms. The second kappa shape index (κ2) is 10.3. The lowest BCUT2D eigenvalue weighted by Gasteiger charge is -2.27. The van der Waals surface area contributed by atoms with Crippen molar-refractivity contribution in [3.63, 3.8) is 0 Å². The maximum absolute atomic E-state index is 13.0. The Labute approximate surface area is 190 Å². The van der Waals surface area contributed by atoms with Gasteiger partial charge in [0.25, 0.3) is 0 Å². The molecule has 3 rings (SSSR count). The summed E-state index contributed by atoms with van der Waals surface area (Å²) < 4.78 is 1.73. The first-order chi connectivity index (χ1) is 15.2. The van der Waals surface area contributed by atoms with Crippen molar-refractivity contribution in [1.82, 2.24) is 14.7 Å². The molecule has 168 valence electrons. The highest BCUT2D eigenvalue weighted by atomic mass is 16.2. The minimum Gasteiger partial charge on any atom is -0.331 e. The van der Waals surface area contributed by atoms with E-state index in [0.29, 0.717) is 12.2 Å². The van der Waals surface area contributed by atoms with Crippen LogP contribution in [0.2, 0.25) is 0 Å². The molecule has 0 aliphatic rings. The summed E-state index contributed by atoms with van der Waals surface area (Å²) in [4.78, 5) is 27.2. The molecule has 32 heavy (non-hydrogen) atoms. The minimum absolute atomic E-state index is 0.00294. The van der Waals surface area contributed by atoms with Gasteiger partial charge in [0.15, 0.2) is 0 Å². The van der Waals surface area contributed by atoms with Crippen molar-refractivity contribution in [2.75, 3.05) is 11.9 Å². The first kappa shape index (κ1) is 23.3. The van der Waals surface area contributed by atoms with Gasteiger partial charge in [0.1, 0.15) is 12.4 Å². The number of benzene rings is 2. The van der Waals surface area contributed by atoms with E-state index in [9.17, 15) is 9.59 Å². The summed E-state index contributed by atoms with van der Waals surface area (Å²) in [7, 11) is 0. The maximum Gasteiger partial charge on any atom is 0.245 e. The van der Waals surface area contributed by atoms with Crippen molar-refractivity contribution < 1.29 is 9.59 Å². The molecule has 2 aromatic carbocycles. The summed E-state index contributed by atoms with van der Waals surface area (Å²) in [6, 6.07) is 19.6. The minimum atomic E-state index is -0.247. The van der Waals surface area contributed by atoms with Crippen molar-refractivity contribution >= 4 is 17.6 Å². The fraction of sp³-hybridized carbons (Fsp3) is 0.346. The van der Waals surface area contributed by atoms with E-state index in [-0.39, 0.29) is 30.3 Å². The fourth-order valence-electron chi connectivity index (χ4n) is 3.47. The van der Waals surface area contributed by atoms with Crippen molar-refractivity contribution in [1.29, 1.82) is 0 Å². The van der Waals surface area contributed by atoms with Crippen LogP contribution in [-0.2, 0) is 9.59 Å². The van der Waals surface area contributed by atoms with Crippen LogP contribution in [0.5, 0.6) is 0 Å². The monoisotopic (exact) mass is 432 g/mol. The third-order valence-corrected chi connectivity index (χ3v) is 5.17. The second-order valence-electron chi connectivity index (χ2n) is 8.79. The van der Waals surface area contributed by atoms with Crippen LogP contribution < -0.4 is 5.32 Å². The van der Waals surface area contributed by atoms with Crippen LogP contribution in [0.25, 0.3) is 16.9 Å². The SMILES string of the molecule is Cc1ccc(-n2nc(-c3ccccc3)cc2NC(=O)CN(C(=O)CC(C)C)C(C)C)cc1. The van der Waals surface area contributed by atoms with E-state index < -0.39 is 0 Å². The van der Waals surface area contributed by atoms with Gasteiger partial charge < -0.3 is 10.2 Å². The molecule has 0 atom stereocenters. The van der Waals surface area contributed by atoms with Gasteiger partial charge in [-0.2, -0.15) is 5.10 Å². The molecule has 0 spiro atoms. The van der Waals surface area contributed by atoms with E-state index in [2.05, 4.69) is 5.32 Å². The number of rotatable bonds is 8. The number of hydrogen-bond acceptors (Lipinski definition) is 3. The molecule has 0 aliphatic heterocycles. The third kappa shape index (κ3) is 5.84. The average Bonchev–Trinajstić information content (AvgIpc) is 3.16. The molecule has 1 N–H and O–H groups in total. The highest BCUT2D eigenvalue weighted by Crippen LogP contribution is 2.25. The number of amides is 2. The average molecular weight is 433 g/mol. The Balaban J connectivity index is 1.88. The number of hydrogen-bond donors (Lipinski definition) is 1.